The van der Waals surface area contributed by atoms with Crippen LogP contribution >= 0.6 is 19.5 Å². The van der Waals surface area contributed by atoms with Crippen LogP contribution in [0.2, 0.25) is 5.04 Å². The lowest BCUT2D eigenvalue weighted by Gasteiger charge is -2.46. The van der Waals surface area contributed by atoms with Gasteiger partial charge in [0.25, 0.3) is 8.32 Å². The summed E-state index contributed by atoms with van der Waals surface area (Å²) < 4.78 is 90.2. The third-order valence-electron chi connectivity index (χ3n) is 9.72. The fourth-order valence-electron chi connectivity index (χ4n) is 6.99. The molecular formula is C42H44F6IN2OPSSi. The number of alkyl halides is 6. The molecule has 0 unspecified atom stereocenters. The highest BCUT2D eigenvalue weighted by atomic mass is 127. The van der Waals surface area contributed by atoms with Crippen LogP contribution in [0.5, 0.6) is 0 Å². The predicted molar refractivity (Wildman–Crippen MR) is 218 cm³/mol. The summed E-state index contributed by atoms with van der Waals surface area (Å²) >= 11 is 5.71. The quantitative estimate of drug-likeness (QED) is 0.0512. The summed E-state index contributed by atoms with van der Waals surface area (Å²) in [4.78, 5) is 0. The zero-order chi connectivity index (χ0) is 39.4. The lowest BCUT2D eigenvalue weighted by atomic mass is 10.1. The van der Waals surface area contributed by atoms with Crippen molar-refractivity contribution in [3.05, 3.63) is 151 Å². The molecule has 55 heavy (non-hydrogen) atoms. The average molecular weight is 925 g/mol. The van der Waals surface area contributed by atoms with Gasteiger partial charge in [0.2, 0.25) is 0 Å². The molecule has 2 N–H and O–H groups in total. The van der Waals surface area contributed by atoms with Gasteiger partial charge in [-0.2, -0.15) is 26.3 Å². The van der Waals surface area contributed by atoms with E-state index >= 15 is 0 Å². The van der Waals surface area contributed by atoms with Crippen LogP contribution in [0.3, 0.4) is 0 Å². The lowest BCUT2D eigenvalue weighted by molar-refractivity contribution is -0.143. The van der Waals surface area contributed by atoms with Crippen molar-refractivity contribution in [2.24, 2.45) is 0 Å². The van der Waals surface area contributed by atoms with E-state index in [1.807, 2.05) is 79.7 Å². The Hall–Kier alpha value is -3.29. The van der Waals surface area contributed by atoms with Crippen LogP contribution in [0.4, 0.5) is 32.0 Å². The molecule has 13 heteroatoms. The molecule has 3 nitrogen and oxygen atoms in total. The van der Waals surface area contributed by atoms with Crippen LogP contribution in [0.25, 0.3) is 0 Å². The summed E-state index contributed by atoms with van der Waals surface area (Å²) in [6.45, 7) is 10.7. The molecule has 0 saturated heterocycles. The first kappa shape index (κ1) is 44.4. The number of halogens is 7. The second kappa shape index (κ2) is 17.9. The molecule has 0 saturated carbocycles. The van der Waals surface area contributed by atoms with Crippen LogP contribution in [-0.2, 0) is 16.8 Å². The smallest absolute Gasteiger partial charge is 0.416 e. The maximum Gasteiger partial charge on any atom is 0.416 e. The zero-order valence-electron chi connectivity index (χ0n) is 31.1. The molecule has 0 aliphatic carbocycles. The predicted octanol–water partition coefficient (Wildman–Crippen LogP) is 6.65. The van der Waals surface area contributed by atoms with Crippen molar-refractivity contribution >= 4 is 59.6 Å². The summed E-state index contributed by atoms with van der Waals surface area (Å²) in [6.07, 6.45) is -10.1. The van der Waals surface area contributed by atoms with Crippen LogP contribution < -0.4 is 55.6 Å². The molecule has 0 aromatic heterocycles. The second-order valence-electron chi connectivity index (χ2n) is 14.5. The van der Waals surface area contributed by atoms with Gasteiger partial charge in [-0.3, -0.25) is 0 Å². The van der Waals surface area contributed by atoms with Crippen molar-refractivity contribution in [1.82, 2.24) is 5.32 Å². The number of hydrogen-bond acceptors (Lipinski definition) is 2. The van der Waals surface area contributed by atoms with E-state index in [0.717, 1.165) is 21.0 Å². The summed E-state index contributed by atoms with van der Waals surface area (Å²) in [5.74, 6) is 0. The molecule has 292 valence electrons. The SMILES string of the molecule is C[C@@H](O[Si](c1ccccc1)(c1ccccc1)C(C)(C)C)[C@@H](C[P+](C)(c1ccccc1)c1ccccc1)NC(=S)Nc1cc(C(F)(F)F)cc(C(F)(F)F)c1.[I-]. The van der Waals surface area contributed by atoms with E-state index in [1.54, 1.807) is 0 Å². The van der Waals surface area contributed by atoms with Gasteiger partial charge in [-0.05, 0) is 77.0 Å². The molecule has 0 bridgehead atoms. The van der Waals surface area contributed by atoms with Gasteiger partial charge in [0.15, 0.2) is 5.11 Å². The van der Waals surface area contributed by atoms with E-state index in [1.165, 1.54) is 0 Å². The Morgan fingerprint density at radius 3 is 1.42 bits per heavy atom. The Kier molecular flexibility index (Phi) is 14.4. The second-order valence-corrected chi connectivity index (χ2v) is 23.0. The van der Waals surface area contributed by atoms with Gasteiger partial charge in [0, 0.05) is 5.69 Å². The van der Waals surface area contributed by atoms with Gasteiger partial charge in [-0.1, -0.05) is 118 Å². The minimum Gasteiger partial charge on any atom is -1.00 e. The van der Waals surface area contributed by atoms with Crippen LogP contribution in [0, 0.1) is 0 Å². The highest BCUT2D eigenvalue weighted by molar-refractivity contribution is 7.89. The molecule has 0 heterocycles. The molecule has 0 spiro atoms. The normalized spacial score (nSPS) is 13.7. The van der Waals surface area contributed by atoms with Crippen molar-refractivity contribution in [3.63, 3.8) is 0 Å². The fraction of sp³-hybridized carbons (Fsp3) is 0.262. The highest BCUT2D eigenvalue weighted by Crippen LogP contribution is 2.53. The maximum atomic E-state index is 13.8. The van der Waals surface area contributed by atoms with Crippen molar-refractivity contribution < 1.29 is 54.7 Å². The molecule has 5 aromatic rings. The third kappa shape index (κ3) is 10.4. The fourth-order valence-corrected chi connectivity index (χ4v) is 15.6. The Balaban J connectivity index is 0.00000673. The number of rotatable bonds is 11. The number of nitrogens with one attached hydrogen (secondary N) is 2. The Bertz CT molecular complexity index is 1890. The van der Waals surface area contributed by atoms with Gasteiger partial charge < -0.3 is 39.0 Å². The summed E-state index contributed by atoms with van der Waals surface area (Å²) in [5, 5.41) is 9.84. The van der Waals surface area contributed by atoms with Crippen LogP contribution in [0.1, 0.15) is 38.8 Å². The summed E-state index contributed by atoms with van der Waals surface area (Å²) in [5.41, 5.74) is -3.30. The van der Waals surface area contributed by atoms with Gasteiger partial charge >= 0.3 is 12.4 Å². The summed E-state index contributed by atoms with van der Waals surface area (Å²) in [7, 11) is -5.38. The molecule has 0 radical (unpaired) electrons. The molecular weight excluding hydrogens is 880 g/mol. The van der Waals surface area contributed by atoms with E-state index in [-0.39, 0.29) is 40.2 Å². The van der Waals surface area contributed by atoms with Crippen molar-refractivity contribution in [2.45, 2.75) is 57.2 Å². The Labute approximate surface area is 343 Å². The molecule has 5 aromatic carbocycles. The number of anilines is 1. The Morgan fingerprint density at radius 2 is 1.05 bits per heavy atom. The Morgan fingerprint density at radius 1 is 0.673 bits per heavy atom. The van der Waals surface area contributed by atoms with E-state index < -0.39 is 56.9 Å². The van der Waals surface area contributed by atoms with Crippen molar-refractivity contribution in [3.8, 4) is 0 Å². The van der Waals surface area contributed by atoms with Gasteiger partial charge in [0.1, 0.15) is 0 Å². The monoisotopic (exact) mass is 924 g/mol. The number of benzene rings is 5. The largest absolute Gasteiger partial charge is 1.00 e. The maximum absolute atomic E-state index is 13.8. The van der Waals surface area contributed by atoms with Crippen LogP contribution in [-0.4, -0.2) is 38.4 Å². The third-order valence-corrected chi connectivity index (χ3v) is 19.1. The first-order valence-electron chi connectivity index (χ1n) is 17.5. The minimum atomic E-state index is -5.01. The molecule has 2 atom stereocenters. The summed E-state index contributed by atoms with van der Waals surface area (Å²) in [6, 6.07) is 41.2. The van der Waals surface area contributed by atoms with Crippen LogP contribution in [0.15, 0.2) is 140 Å². The molecule has 0 amide bonds. The highest BCUT2D eigenvalue weighted by Gasteiger charge is 2.53. The van der Waals surface area contributed by atoms with Crippen molar-refractivity contribution in [2.75, 3.05) is 18.1 Å². The van der Waals surface area contributed by atoms with Gasteiger partial charge in [0.05, 0.1) is 54.0 Å². The molecule has 5 rings (SSSR count). The molecule has 0 aliphatic rings. The number of hydrogen-bond donors (Lipinski definition) is 2. The first-order chi connectivity index (χ1) is 25.3. The molecule has 0 fully saturated rings. The van der Waals surface area contributed by atoms with Crippen molar-refractivity contribution in [1.29, 1.82) is 0 Å². The van der Waals surface area contributed by atoms with Gasteiger partial charge in [-0.25, -0.2) is 0 Å². The van der Waals surface area contributed by atoms with E-state index in [2.05, 4.69) is 86.6 Å². The first-order valence-corrected chi connectivity index (χ1v) is 22.2. The number of thiocarbonyl (C=S) groups is 1. The van der Waals surface area contributed by atoms with E-state index in [4.69, 9.17) is 16.6 Å². The lowest BCUT2D eigenvalue weighted by Crippen LogP contribution is -3.00. The van der Waals surface area contributed by atoms with Gasteiger partial charge in [-0.15, -0.1) is 0 Å². The zero-order valence-corrected chi connectivity index (χ0v) is 35.9. The van der Waals surface area contributed by atoms with E-state index in [0.29, 0.717) is 18.3 Å². The average Bonchev–Trinajstić information content (AvgIpc) is 3.13. The topological polar surface area (TPSA) is 33.3 Å². The minimum absolute atomic E-state index is 0. The molecule has 0 aliphatic heterocycles. The standard InChI is InChI=1S/C42H43F6N2OPSSi.HI/c1-30(51-54(40(2,3)4,36-22-14-8-15-23-36)37-24-16-9-17-25-37)38(29-52(5,34-18-10-6-11-19-34)35-20-12-7-13-21-35)50-39(53)49-33-27-31(41(43,44)45)26-32(28-33)42(46,47)48;/h6-28,30,38H,29H2,1-5H3,(H-,49,50,53);1H/t30-,38-;/m1./s1. The van der Waals surface area contributed by atoms with E-state index in [9.17, 15) is 26.3 Å².